The molecule has 1 aromatic heterocycles. The average molecular weight is 359 g/mol. The zero-order valence-corrected chi connectivity index (χ0v) is 16.1. The van der Waals surface area contributed by atoms with E-state index in [1.54, 1.807) is 4.90 Å². The Kier molecular flexibility index (Phi) is 5.87. The minimum absolute atomic E-state index is 0.0447. The van der Waals surface area contributed by atoms with Gasteiger partial charge in [0.25, 0.3) is 0 Å². The Morgan fingerprint density at radius 2 is 1.70 bits per heavy atom. The van der Waals surface area contributed by atoms with E-state index in [-0.39, 0.29) is 5.91 Å². The van der Waals surface area contributed by atoms with E-state index in [9.17, 15) is 4.79 Å². The Balaban J connectivity index is 1.97. The van der Waals surface area contributed by atoms with Gasteiger partial charge in [-0.1, -0.05) is 61.5 Å². The lowest BCUT2D eigenvalue weighted by molar-refractivity contribution is -0.126. The van der Waals surface area contributed by atoms with Crippen LogP contribution in [0.2, 0.25) is 0 Å². The number of likely N-dealkylation sites (N-methyl/N-ethyl adjacent to an activating group) is 1. The third-order valence-corrected chi connectivity index (χ3v) is 4.46. The molecule has 4 nitrogen and oxygen atoms in total. The fraction of sp³-hybridized carbons (Fsp3) is 0.217. The van der Waals surface area contributed by atoms with Crippen molar-refractivity contribution in [2.24, 2.45) is 0 Å². The third-order valence-electron chi connectivity index (χ3n) is 4.46. The molecule has 0 aliphatic heterocycles. The van der Waals surface area contributed by atoms with Gasteiger partial charge in [-0.05, 0) is 25.5 Å². The van der Waals surface area contributed by atoms with Crippen LogP contribution in [0.15, 0.2) is 78.5 Å². The van der Waals surface area contributed by atoms with Gasteiger partial charge in [0.1, 0.15) is 0 Å². The number of allylic oxidation sites excluding steroid dienone is 1. The van der Waals surface area contributed by atoms with E-state index in [4.69, 9.17) is 5.10 Å². The van der Waals surface area contributed by atoms with Gasteiger partial charge in [0, 0.05) is 36.5 Å². The van der Waals surface area contributed by atoms with Crippen LogP contribution in [0.1, 0.15) is 25.8 Å². The summed E-state index contributed by atoms with van der Waals surface area (Å²) < 4.78 is 1.88. The molecule has 0 saturated carbocycles. The summed E-state index contributed by atoms with van der Waals surface area (Å²) in [5.74, 6) is 0.0447. The fourth-order valence-electron chi connectivity index (χ4n) is 3.10. The molecule has 0 radical (unpaired) electrons. The third kappa shape index (κ3) is 4.34. The number of para-hydroxylation sites is 1. The first-order valence-electron chi connectivity index (χ1n) is 9.21. The molecule has 1 amide bonds. The van der Waals surface area contributed by atoms with Gasteiger partial charge >= 0.3 is 0 Å². The van der Waals surface area contributed by atoms with E-state index in [1.807, 2.05) is 98.5 Å². The summed E-state index contributed by atoms with van der Waals surface area (Å²) >= 11 is 0. The summed E-state index contributed by atoms with van der Waals surface area (Å²) in [5.41, 5.74) is 4.74. The molecular weight excluding hydrogens is 334 g/mol. The van der Waals surface area contributed by atoms with Gasteiger partial charge < -0.3 is 4.90 Å². The highest BCUT2D eigenvalue weighted by Crippen LogP contribution is 2.25. The van der Waals surface area contributed by atoms with Crippen LogP contribution in [-0.4, -0.2) is 27.6 Å². The van der Waals surface area contributed by atoms with Crippen LogP contribution < -0.4 is 0 Å². The van der Waals surface area contributed by atoms with Crippen molar-refractivity contribution >= 4 is 5.91 Å². The van der Waals surface area contributed by atoms with Crippen molar-refractivity contribution in [2.45, 2.75) is 26.8 Å². The summed E-state index contributed by atoms with van der Waals surface area (Å²) in [7, 11) is 1.84. The maximum Gasteiger partial charge on any atom is 0.249 e. The van der Waals surface area contributed by atoms with Crippen LogP contribution in [0.4, 0.5) is 0 Å². The quantitative estimate of drug-likeness (QED) is 0.590. The monoisotopic (exact) mass is 359 g/mol. The van der Waals surface area contributed by atoms with Gasteiger partial charge in [-0.15, -0.1) is 0 Å². The second kappa shape index (κ2) is 8.49. The van der Waals surface area contributed by atoms with Gasteiger partial charge in [0.2, 0.25) is 5.91 Å². The van der Waals surface area contributed by atoms with Crippen LogP contribution in [0.5, 0.6) is 0 Å². The van der Waals surface area contributed by atoms with Crippen molar-refractivity contribution in [3.63, 3.8) is 0 Å². The maximum atomic E-state index is 12.6. The number of carbonyl (C=O) groups excluding carboxylic acids is 1. The highest BCUT2D eigenvalue weighted by molar-refractivity contribution is 5.92. The standard InChI is InChI=1S/C23H25N3O/c1-4-11-18(2)23(27)25(3)16-20-17-26(21-14-9-6-10-15-21)24-22(20)19-12-7-5-8-13-19/h5-15,17H,4,16H2,1-3H3/b18-11-. The highest BCUT2D eigenvalue weighted by Gasteiger charge is 2.17. The van der Waals surface area contributed by atoms with Crippen molar-refractivity contribution in [2.75, 3.05) is 7.05 Å². The molecule has 4 heteroatoms. The Hall–Kier alpha value is -3.14. The van der Waals surface area contributed by atoms with E-state index in [0.29, 0.717) is 6.54 Å². The first-order valence-corrected chi connectivity index (χ1v) is 9.21. The zero-order chi connectivity index (χ0) is 19.2. The molecule has 3 aromatic rings. The second-order valence-corrected chi connectivity index (χ2v) is 6.61. The number of rotatable bonds is 6. The zero-order valence-electron chi connectivity index (χ0n) is 16.1. The Morgan fingerprint density at radius 1 is 1.07 bits per heavy atom. The average Bonchev–Trinajstić information content (AvgIpc) is 3.12. The molecule has 0 aliphatic carbocycles. The highest BCUT2D eigenvalue weighted by atomic mass is 16.2. The molecule has 1 heterocycles. The largest absolute Gasteiger partial charge is 0.338 e. The minimum atomic E-state index is 0.0447. The van der Waals surface area contributed by atoms with E-state index < -0.39 is 0 Å². The van der Waals surface area contributed by atoms with Crippen LogP contribution in [0, 0.1) is 0 Å². The summed E-state index contributed by atoms with van der Waals surface area (Å²) in [6.07, 6.45) is 4.83. The lowest BCUT2D eigenvalue weighted by atomic mass is 10.1. The minimum Gasteiger partial charge on any atom is -0.338 e. The van der Waals surface area contributed by atoms with Crippen molar-refractivity contribution in [3.8, 4) is 16.9 Å². The SMILES string of the molecule is CC/C=C(/C)C(=O)N(C)Cc1cn(-c2ccccc2)nc1-c1ccccc1. The molecular formula is C23H25N3O. The summed E-state index contributed by atoms with van der Waals surface area (Å²) in [5, 5.41) is 4.81. The van der Waals surface area contributed by atoms with Gasteiger partial charge in [-0.3, -0.25) is 4.79 Å². The van der Waals surface area contributed by atoms with Crippen LogP contribution in [-0.2, 0) is 11.3 Å². The van der Waals surface area contributed by atoms with Crippen molar-refractivity contribution in [1.82, 2.24) is 14.7 Å². The van der Waals surface area contributed by atoms with Crippen molar-refractivity contribution in [1.29, 1.82) is 0 Å². The molecule has 27 heavy (non-hydrogen) atoms. The van der Waals surface area contributed by atoms with E-state index in [0.717, 1.165) is 34.5 Å². The molecule has 0 atom stereocenters. The smallest absolute Gasteiger partial charge is 0.249 e. The predicted octanol–water partition coefficient (Wildman–Crippen LogP) is 4.85. The van der Waals surface area contributed by atoms with Crippen LogP contribution >= 0.6 is 0 Å². The number of hydrogen-bond acceptors (Lipinski definition) is 2. The summed E-state index contributed by atoms with van der Waals surface area (Å²) in [6, 6.07) is 20.1. The number of hydrogen-bond donors (Lipinski definition) is 0. The van der Waals surface area contributed by atoms with Gasteiger partial charge in [0.05, 0.1) is 11.4 Å². The molecule has 0 fully saturated rings. The number of aromatic nitrogens is 2. The van der Waals surface area contributed by atoms with E-state index in [2.05, 4.69) is 0 Å². The Bertz CT molecular complexity index is 927. The number of benzene rings is 2. The first-order chi connectivity index (χ1) is 13.1. The van der Waals surface area contributed by atoms with Gasteiger partial charge in [-0.25, -0.2) is 4.68 Å². The predicted molar refractivity (Wildman–Crippen MR) is 110 cm³/mol. The van der Waals surface area contributed by atoms with Crippen LogP contribution in [0.3, 0.4) is 0 Å². The molecule has 0 bridgehead atoms. The van der Waals surface area contributed by atoms with E-state index in [1.165, 1.54) is 0 Å². The van der Waals surface area contributed by atoms with Gasteiger partial charge in [0.15, 0.2) is 0 Å². The number of nitrogens with zero attached hydrogens (tertiary/aromatic N) is 3. The molecule has 0 unspecified atom stereocenters. The first kappa shape index (κ1) is 18.6. The molecule has 0 saturated heterocycles. The maximum absolute atomic E-state index is 12.6. The Labute approximate surface area is 160 Å². The number of carbonyl (C=O) groups is 1. The molecule has 0 N–H and O–H groups in total. The number of amides is 1. The molecule has 138 valence electrons. The summed E-state index contributed by atoms with van der Waals surface area (Å²) in [6.45, 7) is 4.41. The molecule has 3 rings (SSSR count). The summed E-state index contributed by atoms with van der Waals surface area (Å²) in [4.78, 5) is 14.3. The lowest BCUT2D eigenvalue weighted by Gasteiger charge is -2.17. The lowest BCUT2D eigenvalue weighted by Crippen LogP contribution is -2.26. The topological polar surface area (TPSA) is 38.1 Å². The molecule has 2 aromatic carbocycles. The van der Waals surface area contributed by atoms with E-state index >= 15 is 0 Å². The van der Waals surface area contributed by atoms with Gasteiger partial charge in [-0.2, -0.15) is 5.10 Å². The fourth-order valence-corrected chi connectivity index (χ4v) is 3.10. The second-order valence-electron chi connectivity index (χ2n) is 6.61. The molecule has 0 spiro atoms. The normalized spacial score (nSPS) is 11.4. The van der Waals surface area contributed by atoms with Crippen LogP contribution in [0.25, 0.3) is 16.9 Å². The van der Waals surface area contributed by atoms with Crippen molar-refractivity contribution < 1.29 is 4.79 Å². The van der Waals surface area contributed by atoms with Crippen molar-refractivity contribution in [3.05, 3.63) is 84.1 Å². The molecule has 0 aliphatic rings. The Morgan fingerprint density at radius 3 is 2.33 bits per heavy atom.